The Hall–Kier alpha value is -2.62. The first-order valence-corrected chi connectivity index (χ1v) is 6.42. The lowest BCUT2D eigenvalue weighted by Crippen LogP contribution is -2.32. The van der Waals surface area contributed by atoms with Crippen LogP contribution in [0.2, 0.25) is 0 Å². The molecule has 0 saturated heterocycles. The van der Waals surface area contributed by atoms with Crippen LogP contribution in [0.3, 0.4) is 0 Å². The summed E-state index contributed by atoms with van der Waals surface area (Å²) in [5, 5.41) is 22.7. The van der Waals surface area contributed by atoms with Crippen LogP contribution < -0.4 is 5.32 Å². The minimum Gasteiger partial charge on any atom is -0.467 e. The number of nitriles is 1. The van der Waals surface area contributed by atoms with E-state index in [1.807, 2.05) is 13.8 Å². The molecule has 1 rings (SSSR count). The van der Waals surface area contributed by atoms with Crippen LogP contribution in [0.1, 0.15) is 25.8 Å². The highest BCUT2D eigenvalue weighted by Gasteiger charge is 2.22. The van der Waals surface area contributed by atoms with Crippen molar-refractivity contribution in [3.05, 3.63) is 33.9 Å². The van der Waals surface area contributed by atoms with Gasteiger partial charge in [-0.3, -0.25) is 10.1 Å². The minimum absolute atomic E-state index is 0.0240. The summed E-state index contributed by atoms with van der Waals surface area (Å²) in [5.74, 6) is -0.189. The Labute approximate surface area is 122 Å². The number of methoxy groups -OCH3 is 1. The predicted octanol–water partition coefficient (Wildman–Crippen LogP) is 2.47. The van der Waals surface area contributed by atoms with Gasteiger partial charge in [0.25, 0.3) is 5.69 Å². The molecule has 0 bridgehead atoms. The van der Waals surface area contributed by atoms with E-state index in [1.54, 1.807) is 6.07 Å². The van der Waals surface area contributed by atoms with Crippen molar-refractivity contribution in [3.63, 3.8) is 0 Å². The molecule has 7 heteroatoms. The average Bonchev–Trinajstić information content (AvgIpc) is 2.45. The lowest BCUT2D eigenvalue weighted by atomic mass is 10.0. The highest BCUT2D eigenvalue weighted by molar-refractivity contribution is 5.79. The fraction of sp³-hybridized carbons (Fsp3) is 0.429. The number of nitro benzene ring substituents is 1. The van der Waals surface area contributed by atoms with Gasteiger partial charge in [0.15, 0.2) is 0 Å². The van der Waals surface area contributed by atoms with E-state index in [1.165, 1.54) is 25.3 Å². The third kappa shape index (κ3) is 4.45. The van der Waals surface area contributed by atoms with Crippen molar-refractivity contribution in [2.75, 3.05) is 12.4 Å². The van der Waals surface area contributed by atoms with E-state index in [2.05, 4.69) is 5.32 Å². The van der Waals surface area contributed by atoms with Crippen LogP contribution >= 0.6 is 0 Å². The summed E-state index contributed by atoms with van der Waals surface area (Å²) in [4.78, 5) is 22.0. The number of benzene rings is 1. The van der Waals surface area contributed by atoms with E-state index in [0.29, 0.717) is 12.1 Å². The standard InChI is InChI=1S/C14H17N3O4/c1-9(2)6-12(14(18)21-3)16-11-5-4-10(8-15)13(7-11)17(19)20/h4-5,7,9,12,16H,6H2,1-3H3. The molecule has 7 nitrogen and oxygen atoms in total. The second kappa shape index (κ2) is 7.24. The van der Waals surface area contributed by atoms with Crippen molar-refractivity contribution in [1.82, 2.24) is 0 Å². The highest BCUT2D eigenvalue weighted by atomic mass is 16.6. The zero-order chi connectivity index (χ0) is 16.0. The first kappa shape index (κ1) is 16.4. The van der Waals surface area contributed by atoms with Crippen LogP contribution in [0, 0.1) is 27.4 Å². The van der Waals surface area contributed by atoms with E-state index in [0.717, 1.165) is 0 Å². The van der Waals surface area contributed by atoms with Crippen LogP contribution in [0.4, 0.5) is 11.4 Å². The third-order valence-corrected chi connectivity index (χ3v) is 2.85. The molecule has 1 unspecified atom stereocenters. The van der Waals surface area contributed by atoms with Crippen molar-refractivity contribution in [3.8, 4) is 6.07 Å². The molecule has 0 saturated carbocycles. The monoisotopic (exact) mass is 291 g/mol. The topological polar surface area (TPSA) is 105 Å². The fourth-order valence-electron chi connectivity index (χ4n) is 1.90. The van der Waals surface area contributed by atoms with Gasteiger partial charge in [-0.15, -0.1) is 0 Å². The molecule has 0 radical (unpaired) electrons. The quantitative estimate of drug-likeness (QED) is 0.490. The van der Waals surface area contributed by atoms with Gasteiger partial charge in [-0.25, -0.2) is 4.79 Å². The van der Waals surface area contributed by atoms with E-state index < -0.39 is 16.9 Å². The number of nitrogens with one attached hydrogen (secondary N) is 1. The largest absolute Gasteiger partial charge is 0.467 e. The molecular formula is C14H17N3O4. The number of hydrogen-bond acceptors (Lipinski definition) is 6. The van der Waals surface area contributed by atoms with Crippen LogP contribution in [-0.4, -0.2) is 24.0 Å². The average molecular weight is 291 g/mol. The van der Waals surface area contributed by atoms with Crippen molar-refractivity contribution >= 4 is 17.3 Å². The van der Waals surface area contributed by atoms with Gasteiger partial charge in [-0.1, -0.05) is 13.8 Å². The SMILES string of the molecule is COC(=O)C(CC(C)C)Nc1ccc(C#N)c([N+](=O)[O-])c1. The normalized spacial score (nSPS) is 11.6. The number of carbonyl (C=O) groups excluding carboxylic acids is 1. The van der Waals surface area contributed by atoms with Crippen LogP contribution in [0.25, 0.3) is 0 Å². The molecule has 0 aliphatic rings. The number of rotatable bonds is 6. The second-order valence-electron chi connectivity index (χ2n) is 4.95. The Bertz CT molecular complexity index is 578. The van der Waals surface area contributed by atoms with Crippen molar-refractivity contribution < 1.29 is 14.5 Å². The molecular weight excluding hydrogens is 274 g/mol. The van der Waals surface area contributed by atoms with Gasteiger partial charge in [0, 0.05) is 11.8 Å². The van der Waals surface area contributed by atoms with Gasteiger partial charge in [0.1, 0.15) is 17.7 Å². The second-order valence-corrected chi connectivity index (χ2v) is 4.95. The van der Waals surface area contributed by atoms with Gasteiger partial charge >= 0.3 is 5.97 Å². The van der Waals surface area contributed by atoms with Gasteiger partial charge in [0.2, 0.25) is 0 Å². The Kier molecular flexibility index (Phi) is 5.67. The van der Waals surface area contributed by atoms with Crippen molar-refractivity contribution in [2.24, 2.45) is 5.92 Å². The number of nitro groups is 1. The van der Waals surface area contributed by atoms with Crippen molar-refractivity contribution in [1.29, 1.82) is 5.26 Å². The Morgan fingerprint density at radius 1 is 1.52 bits per heavy atom. The molecule has 112 valence electrons. The number of esters is 1. The Morgan fingerprint density at radius 2 is 2.19 bits per heavy atom. The lowest BCUT2D eigenvalue weighted by molar-refractivity contribution is -0.385. The zero-order valence-corrected chi connectivity index (χ0v) is 12.1. The van der Waals surface area contributed by atoms with Gasteiger partial charge in [0.05, 0.1) is 12.0 Å². The maximum absolute atomic E-state index is 11.7. The molecule has 0 aliphatic carbocycles. The number of nitrogens with zero attached hydrogens (tertiary/aromatic N) is 2. The number of hydrogen-bond donors (Lipinski definition) is 1. The molecule has 1 aromatic rings. The fourth-order valence-corrected chi connectivity index (χ4v) is 1.90. The van der Waals surface area contributed by atoms with Crippen LogP contribution in [0.15, 0.2) is 18.2 Å². The molecule has 0 heterocycles. The molecule has 0 spiro atoms. The smallest absolute Gasteiger partial charge is 0.328 e. The lowest BCUT2D eigenvalue weighted by Gasteiger charge is -2.19. The molecule has 0 fully saturated rings. The summed E-state index contributed by atoms with van der Waals surface area (Å²) < 4.78 is 4.72. The first-order valence-electron chi connectivity index (χ1n) is 6.42. The summed E-state index contributed by atoms with van der Waals surface area (Å²) in [6.07, 6.45) is 0.528. The molecule has 0 amide bonds. The molecule has 1 atom stereocenters. The minimum atomic E-state index is -0.626. The first-order chi connectivity index (χ1) is 9.88. The number of carbonyl (C=O) groups is 1. The predicted molar refractivity (Wildman–Crippen MR) is 76.7 cm³/mol. The van der Waals surface area contributed by atoms with E-state index >= 15 is 0 Å². The van der Waals surface area contributed by atoms with E-state index in [9.17, 15) is 14.9 Å². The molecule has 21 heavy (non-hydrogen) atoms. The summed E-state index contributed by atoms with van der Waals surface area (Å²) in [5.41, 5.74) is 0.0800. The van der Waals surface area contributed by atoms with Crippen LogP contribution in [-0.2, 0) is 9.53 Å². The van der Waals surface area contributed by atoms with Gasteiger partial charge in [-0.05, 0) is 24.5 Å². The third-order valence-electron chi connectivity index (χ3n) is 2.85. The molecule has 0 aliphatic heterocycles. The number of ether oxygens (including phenoxy) is 1. The zero-order valence-electron chi connectivity index (χ0n) is 12.1. The maximum Gasteiger partial charge on any atom is 0.328 e. The maximum atomic E-state index is 11.7. The van der Waals surface area contributed by atoms with E-state index in [-0.39, 0.29) is 17.2 Å². The number of anilines is 1. The highest BCUT2D eigenvalue weighted by Crippen LogP contribution is 2.24. The molecule has 1 N–H and O–H groups in total. The van der Waals surface area contributed by atoms with Gasteiger partial charge in [-0.2, -0.15) is 5.26 Å². The Balaban J connectivity index is 3.04. The summed E-state index contributed by atoms with van der Waals surface area (Å²) in [6.45, 7) is 3.91. The molecule has 1 aromatic carbocycles. The summed E-state index contributed by atoms with van der Waals surface area (Å²) in [6, 6.07) is 5.29. The summed E-state index contributed by atoms with van der Waals surface area (Å²) >= 11 is 0. The van der Waals surface area contributed by atoms with E-state index in [4.69, 9.17) is 10.00 Å². The van der Waals surface area contributed by atoms with Crippen LogP contribution in [0.5, 0.6) is 0 Å². The van der Waals surface area contributed by atoms with Gasteiger partial charge < -0.3 is 10.1 Å². The van der Waals surface area contributed by atoms with Crippen molar-refractivity contribution in [2.45, 2.75) is 26.3 Å². The summed E-state index contributed by atoms with van der Waals surface area (Å²) in [7, 11) is 1.29. The Morgan fingerprint density at radius 3 is 2.67 bits per heavy atom. The molecule has 0 aromatic heterocycles.